The van der Waals surface area contributed by atoms with Gasteiger partial charge in [-0.2, -0.15) is 0 Å². The number of fused-ring (bicyclic) bond motifs is 1. The molecule has 186 valence electrons. The van der Waals surface area contributed by atoms with Crippen molar-refractivity contribution in [1.82, 2.24) is 19.9 Å². The number of nitrogens with zero attached hydrogens (tertiary/aromatic N) is 3. The summed E-state index contributed by atoms with van der Waals surface area (Å²) < 4.78 is 44.7. The molecule has 5 rings (SSSR count). The lowest BCUT2D eigenvalue weighted by molar-refractivity contribution is 0.294. The SMILES string of the molecule is COc1ccc(F)cc1-c1ncnc2[nH]c(C3=CCN(Cc4ccc(NS(C)(=O)=O)cc4)CC3)cc12. The van der Waals surface area contributed by atoms with Crippen LogP contribution in [0.4, 0.5) is 10.1 Å². The zero-order valence-corrected chi connectivity index (χ0v) is 20.8. The summed E-state index contributed by atoms with van der Waals surface area (Å²) >= 11 is 0. The molecule has 0 bridgehead atoms. The van der Waals surface area contributed by atoms with Crippen molar-refractivity contribution < 1.29 is 17.5 Å². The monoisotopic (exact) mass is 507 g/mol. The first-order valence-electron chi connectivity index (χ1n) is 11.5. The van der Waals surface area contributed by atoms with Gasteiger partial charge < -0.3 is 9.72 Å². The van der Waals surface area contributed by atoms with Crippen molar-refractivity contribution in [2.75, 3.05) is 31.2 Å². The van der Waals surface area contributed by atoms with Crippen LogP contribution in [0.1, 0.15) is 17.7 Å². The second-order valence-electron chi connectivity index (χ2n) is 8.80. The summed E-state index contributed by atoms with van der Waals surface area (Å²) in [5.74, 6) is 0.191. The predicted molar refractivity (Wildman–Crippen MR) is 139 cm³/mol. The van der Waals surface area contributed by atoms with Crippen molar-refractivity contribution >= 4 is 32.3 Å². The fourth-order valence-corrected chi connectivity index (χ4v) is 5.01. The van der Waals surface area contributed by atoms with Crippen molar-refractivity contribution in [2.24, 2.45) is 0 Å². The number of hydrogen-bond acceptors (Lipinski definition) is 6. The van der Waals surface area contributed by atoms with Crippen LogP contribution in [0.2, 0.25) is 0 Å². The van der Waals surface area contributed by atoms with E-state index in [2.05, 4.69) is 30.6 Å². The van der Waals surface area contributed by atoms with Gasteiger partial charge in [-0.15, -0.1) is 0 Å². The molecule has 1 aliphatic rings. The number of aromatic nitrogens is 3. The van der Waals surface area contributed by atoms with Gasteiger partial charge in [-0.25, -0.2) is 22.8 Å². The fourth-order valence-electron chi connectivity index (χ4n) is 4.44. The number of rotatable bonds is 7. The number of halogens is 1. The number of ether oxygens (including phenoxy) is 1. The first kappa shape index (κ1) is 24.0. The number of nitrogens with one attached hydrogen (secondary N) is 2. The minimum Gasteiger partial charge on any atom is -0.496 e. The molecule has 36 heavy (non-hydrogen) atoms. The highest BCUT2D eigenvalue weighted by atomic mass is 32.2. The maximum atomic E-state index is 14.0. The zero-order valence-electron chi connectivity index (χ0n) is 20.0. The molecule has 0 unspecified atom stereocenters. The van der Waals surface area contributed by atoms with E-state index in [0.29, 0.717) is 28.3 Å². The summed E-state index contributed by atoms with van der Waals surface area (Å²) in [6.07, 6.45) is 5.66. The Labute approximate surface area is 208 Å². The van der Waals surface area contributed by atoms with E-state index in [4.69, 9.17) is 4.74 Å². The van der Waals surface area contributed by atoms with Crippen LogP contribution < -0.4 is 9.46 Å². The van der Waals surface area contributed by atoms with Crippen LogP contribution in [0.25, 0.3) is 27.9 Å². The number of anilines is 1. The van der Waals surface area contributed by atoms with Gasteiger partial charge in [0, 0.05) is 42.0 Å². The van der Waals surface area contributed by atoms with E-state index in [1.165, 1.54) is 24.0 Å². The number of hydrogen-bond donors (Lipinski definition) is 2. The maximum Gasteiger partial charge on any atom is 0.229 e. The smallest absolute Gasteiger partial charge is 0.229 e. The number of benzene rings is 2. The van der Waals surface area contributed by atoms with Crippen LogP contribution in [0, 0.1) is 5.82 Å². The van der Waals surface area contributed by atoms with Gasteiger partial charge in [0.25, 0.3) is 0 Å². The number of methoxy groups -OCH3 is 1. The molecule has 8 nitrogen and oxygen atoms in total. The van der Waals surface area contributed by atoms with Gasteiger partial charge in [-0.05, 0) is 54.0 Å². The quantitative estimate of drug-likeness (QED) is 0.384. The Morgan fingerprint density at radius 2 is 1.94 bits per heavy atom. The third-order valence-corrected chi connectivity index (χ3v) is 6.75. The van der Waals surface area contributed by atoms with E-state index in [1.54, 1.807) is 25.3 Å². The van der Waals surface area contributed by atoms with Crippen LogP contribution in [-0.4, -0.2) is 54.7 Å². The molecular weight excluding hydrogens is 481 g/mol. The normalized spacial score (nSPS) is 14.6. The first-order chi connectivity index (χ1) is 17.3. The van der Waals surface area contributed by atoms with Crippen molar-refractivity contribution in [3.05, 3.63) is 78.0 Å². The van der Waals surface area contributed by atoms with Gasteiger partial charge in [0.1, 0.15) is 23.5 Å². The minimum atomic E-state index is -3.29. The molecule has 0 fully saturated rings. The van der Waals surface area contributed by atoms with E-state index in [1.807, 2.05) is 18.2 Å². The van der Waals surface area contributed by atoms with Gasteiger partial charge in [0.2, 0.25) is 10.0 Å². The van der Waals surface area contributed by atoms with E-state index in [-0.39, 0.29) is 5.82 Å². The van der Waals surface area contributed by atoms with E-state index < -0.39 is 10.0 Å². The fraction of sp³-hybridized carbons (Fsp3) is 0.231. The second kappa shape index (κ2) is 9.71. The highest BCUT2D eigenvalue weighted by Crippen LogP contribution is 2.35. The summed E-state index contributed by atoms with van der Waals surface area (Å²) in [5, 5.41) is 0.808. The molecular formula is C26H26FN5O3S. The van der Waals surface area contributed by atoms with Gasteiger partial charge in [-0.3, -0.25) is 9.62 Å². The van der Waals surface area contributed by atoms with E-state index >= 15 is 0 Å². The zero-order chi connectivity index (χ0) is 25.3. The Morgan fingerprint density at radius 3 is 2.64 bits per heavy atom. The Bertz CT molecular complexity index is 1550. The summed E-state index contributed by atoms with van der Waals surface area (Å²) in [7, 11) is -1.73. The Kier molecular flexibility index (Phi) is 6.46. The molecule has 0 saturated heterocycles. The standard InChI is InChI=1S/C26H26FN5O3S/c1-35-24-8-5-19(27)13-21(24)25-22-14-23(30-26(22)29-16-28-25)18-9-11-32(12-10-18)15-17-3-6-20(7-4-17)31-36(2,33)34/h3-9,13-14,16,31H,10-12,15H2,1-2H3,(H,28,29,30). The van der Waals surface area contributed by atoms with Gasteiger partial charge in [0.15, 0.2) is 0 Å². The summed E-state index contributed by atoms with van der Waals surface area (Å²) in [6.45, 7) is 2.43. The van der Waals surface area contributed by atoms with E-state index in [9.17, 15) is 12.8 Å². The Hall–Kier alpha value is -3.76. The highest BCUT2D eigenvalue weighted by Gasteiger charge is 2.18. The largest absolute Gasteiger partial charge is 0.496 e. The Balaban J connectivity index is 1.33. The summed E-state index contributed by atoms with van der Waals surface area (Å²) in [4.78, 5) is 14.5. The minimum absolute atomic E-state index is 0.357. The molecule has 2 aromatic heterocycles. The molecule has 3 heterocycles. The average Bonchev–Trinajstić information content (AvgIpc) is 3.29. The van der Waals surface area contributed by atoms with Crippen LogP contribution in [0.5, 0.6) is 5.75 Å². The van der Waals surface area contributed by atoms with Crippen molar-refractivity contribution in [3.63, 3.8) is 0 Å². The number of sulfonamides is 1. The number of H-pyrrole nitrogens is 1. The number of aromatic amines is 1. The molecule has 2 aromatic carbocycles. The molecule has 0 atom stereocenters. The van der Waals surface area contributed by atoms with Crippen LogP contribution >= 0.6 is 0 Å². The highest BCUT2D eigenvalue weighted by molar-refractivity contribution is 7.92. The molecule has 0 radical (unpaired) electrons. The Morgan fingerprint density at radius 1 is 1.14 bits per heavy atom. The van der Waals surface area contributed by atoms with Crippen LogP contribution in [0.3, 0.4) is 0 Å². The van der Waals surface area contributed by atoms with Crippen LogP contribution in [0.15, 0.2) is 60.9 Å². The van der Waals surface area contributed by atoms with Crippen molar-refractivity contribution in [3.8, 4) is 17.0 Å². The molecule has 0 amide bonds. The molecule has 0 saturated carbocycles. The second-order valence-corrected chi connectivity index (χ2v) is 10.5. The molecule has 2 N–H and O–H groups in total. The van der Waals surface area contributed by atoms with Gasteiger partial charge >= 0.3 is 0 Å². The lowest BCUT2D eigenvalue weighted by Crippen LogP contribution is -2.28. The third-order valence-electron chi connectivity index (χ3n) is 6.14. The van der Waals surface area contributed by atoms with Crippen molar-refractivity contribution in [2.45, 2.75) is 13.0 Å². The molecule has 4 aromatic rings. The summed E-state index contributed by atoms with van der Waals surface area (Å²) in [5.41, 5.74) is 5.71. The van der Waals surface area contributed by atoms with E-state index in [0.717, 1.165) is 49.0 Å². The van der Waals surface area contributed by atoms with Gasteiger partial charge in [-0.1, -0.05) is 18.2 Å². The molecule has 1 aliphatic heterocycles. The third kappa shape index (κ3) is 5.24. The maximum absolute atomic E-state index is 14.0. The first-order valence-corrected chi connectivity index (χ1v) is 13.3. The summed E-state index contributed by atoms with van der Waals surface area (Å²) in [6, 6.07) is 13.8. The lowest BCUT2D eigenvalue weighted by atomic mass is 10.0. The molecule has 0 aliphatic carbocycles. The van der Waals surface area contributed by atoms with Gasteiger partial charge in [0.05, 0.1) is 19.1 Å². The predicted octanol–water partition coefficient (Wildman–Crippen LogP) is 4.43. The molecule has 0 spiro atoms. The lowest BCUT2D eigenvalue weighted by Gasteiger charge is -2.26. The van der Waals surface area contributed by atoms with Crippen molar-refractivity contribution in [1.29, 1.82) is 0 Å². The topological polar surface area (TPSA) is 100 Å². The molecule has 10 heteroatoms. The van der Waals surface area contributed by atoms with Crippen LogP contribution in [-0.2, 0) is 16.6 Å². The average molecular weight is 508 g/mol.